The highest BCUT2D eigenvalue weighted by Crippen LogP contribution is 2.38. The molecule has 1 aliphatic carbocycles. The highest BCUT2D eigenvalue weighted by atomic mass is 14.9. The molecule has 5 aromatic rings. The molecule has 158 valence electrons. The lowest BCUT2D eigenvalue weighted by atomic mass is 10.0. The summed E-state index contributed by atoms with van der Waals surface area (Å²) in [5, 5.41) is 7.00. The molecule has 0 aliphatic heterocycles. The lowest BCUT2D eigenvalue weighted by Crippen LogP contribution is -1.92. The fourth-order valence-corrected chi connectivity index (χ4v) is 4.57. The highest BCUT2D eigenvalue weighted by molar-refractivity contribution is 5.79. The van der Waals surface area contributed by atoms with Crippen molar-refractivity contribution < 1.29 is 0 Å². The first-order chi connectivity index (χ1) is 16.3. The molecule has 0 fully saturated rings. The monoisotopic (exact) mass is 424 g/mol. The summed E-state index contributed by atoms with van der Waals surface area (Å²) in [5.74, 6) is 0. The quantitative estimate of drug-likeness (QED) is 0.290. The molecule has 0 saturated heterocycles. The second kappa shape index (κ2) is 8.33. The van der Waals surface area contributed by atoms with Gasteiger partial charge >= 0.3 is 0 Å². The smallest absolute Gasteiger partial charge is 0.0387 e. The molecule has 2 N–H and O–H groups in total. The maximum atomic E-state index is 3.57. The lowest BCUT2D eigenvalue weighted by Gasteiger charge is -2.11. The van der Waals surface area contributed by atoms with E-state index in [1.807, 2.05) is 18.2 Å². The molecule has 0 amide bonds. The summed E-state index contributed by atoms with van der Waals surface area (Å²) in [5.41, 5.74) is 12.3. The van der Waals surface area contributed by atoms with Crippen molar-refractivity contribution in [1.29, 1.82) is 0 Å². The Kier molecular flexibility index (Phi) is 4.89. The Balaban J connectivity index is 1.15. The maximum Gasteiger partial charge on any atom is 0.0387 e. The van der Waals surface area contributed by atoms with Gasteiger partial charge in [0.25, 0.3) is 0 Å². The molecule has 0 heterocycles. The number of anilines is 4. The average Bonchev–Trinajstić information content (AvgIpc) is 3.23. The van der Waals surface area contributed by atoms with E-state index in [-0.39, 0.29) is 0 Å². The molecular weight excluding hydrogens is 400 g/mol. The van der Waals surface area contributed by atoms with Crippen LogP contribution in [0.15, 0.2) is 121 Å². The molecule has 5 aromatic carbocycles. The maximum absolute atomic E-state index is 3.57. The van der Waals surface area contributed by atoms with Crippen LogP contribution in [0.5, 0.6) is 0 Å². The van der Waals surface area contributed by atoms with Gasteiger partial charge in [-0.15, -0.1) is 0 Å². The third kappa shape index (κ3) is 3.99. The van der Waals surface area contributed by atoms with Crippen molar-refractivity contribution in [3.8, 4) is 22.3 Å². The molecule has 0 bridgehead atoms. The molecule has 1 aliphatic rings. The van der Waals surface area contributed by atoms with Crippen LogP contribution in [0.4, 0.5) is 22.7 Å². The molecule has 0 spiro atoms. The van der Waals surface area contributed by atoms with Crippen molar-refractivity contribution >= 4 is 22.7 Å². The van der Waals surface area contributed by atoms with Gasteiger partial charge in [-0.3, -0.25) is 0 Å². The van der Waals surface area contributed by atoms with Gasteiger partial charge in [-0.2, -0.15) is 0 Å². The largest absolute Gasteiger partial charge is 0.356 e. The van der Waals surface area contributed by atoms with E-state index in [9.17, 15) is 0 Å². The SMILES string of the molecule is c1ccc(Nc2ccc(-c3ccc(Nc4ccc5c(c4)Cc4ccccc4-5)cc3)cc2)cc1. The second-order valence-electron chi connectivity index (χ2n) is 8.48. The van der Waals surface area contributed by atoms with Gasteiger partial charge < -0.3 is 10.6 Å². The van der Waals surface area contributed by atoms with Crippen LogP contribution in [0, 0.1) is 0 Å². The van der Waals surface area contributed by atoms with E-state index in [1.54, 1.807) is 0 Å². The standard InChI is InChI=1S/C31H24N2/c1-2-7-26(8-3-1)32-27-14-10-22(11-15-27)23-12-16-28(17-13-23)33-29-18-19-31-25(21-29)20-24-6-4-5-9-30(24)31/h1-19,21,32-33H,20H2. The molecule has 0 aromatic heterocycles. The van der Waals surface area contributed by atoms with Gasteiger partial charge in [0.1, 0.15) is 0 Å². The zero-order chi connectivity index (χ0) is 22.0. The van der Waals surface area contributed by atoms with Crippen LogP contribution in [0.2, 0.25) is 0 Å². The Morgan fingerprint density at radius 2 is 0.909 bits per heavy atom. The summed E-state index contributed by atoms with van der Waals surface area (Å²) in [6.07, 6.45) is 1.01. The zero-order valence-electron chi connectivity index (χ0n) is 18.3. The van der Waals surface area contributed by atoms with E-state index in [0.29, 0.717) is 0 Å². The fraction of sp³-hybridized carbons (Fsp3) is 0.0323. The van der Waals surface area contributed by atoms with Crippen LogP contribution in [-0.2, 0) is 6.42 Å². The van der Waals surface area contributed by atoms with E-state index >= 15 is 0 Å². The minimum absolute atomic E-state index is 1.01. The van der Waals surface area contributed by atoms with Gasteiger partial charge in [-0.05, 0) is 88.3 Å². The second-order valence-corrected chi connectivity index (χ2v) is 8.48. The Labute approximate surface area is 194 Å². The summed E-state index contributed by atoms with van der Waals surface area (Å²) in [6, 6.07) is 42.8. The zero-order valence-corrected chi connectivity index (χ0v) is 18.3. The molecular formula is C31H24N2. The number of rotatable bonds is 5. The number of para-hydroxylation sites is 1. The van der Waals surface area contributed by atoms with E-state index < -0.39 is 0 Å². The van der Waals surface area contributed by atoms with E-state index in [4.69, 9.17) is 0 Å². The van der Waals surface area contributed by atoms with Crippen LogP contribution in [-0.4, -0.2) is 0 Å². The molecule has 0 radical (unpaired) electrons. The number of nitrogens with one attached hydrogen (secondary N) is 2. The Bertz CT molecular complexity index is 1400. The molecule has 0 saturated carbocycles. The number of benzene rings is 5. The molecule has 2 nitrogen and oxygen atoms in total. The van der Waals surface area contributed by atoms with Gasteiger partial charge in [0.2, 0.25) is 0 Å². The summed E-state index contributed by atoms with van der Waals surface area (Å²) in [4.78, 5) is 0. The first-order valence-corrected chi connectivity index (χ1v) is 11.3. The first-order valence-electron chi connectivity index (χ1n) is 11.3. The van der Waals surface area contributed by atoms with Crippen molar-refractivity contribution in [3.63, 3.8) is 0 Å². The van der Waals surface area contributed by atoms with E-state index in [2.05, 4.69) is 114 Å². The Morgan fingerprint density at radius 1 is 0.394 bits per heavy atom. The number of hydrogen-bond donors (Lipinski definition) is 2. The van der Waals surface area contributed by atoms with E-state index in [0.717, 1.165) is 29.2 Å². The molecule has 33 heavy (non-hydrogen) atoms. The third-order valence-electron chi connectivity index (χ3n) is 6.25. The van der Waals surface area contributed by atoms with Crippen molar-refractivity contribution in [2.45, 2.75) is 6.42 Å². The Morgan fingerprint density at radius 3 is 1.61 bits per heavy atom. The normalized spacial score (nSPS) is 11.5. The van der Waals surface area contributed by atoms with E-state index in [1.165, 1.54) is 33.4 Å². The highest BCUT2D eigenvalue weighted by Gasteiger charge is 2.17. The van der Waals surface area contributed by atoms with Crippen LogP contribution in [0.1, 0.15) is 11.1 Å². The number of hydrogen-bond acceptors (Lipinski definition) is 2. The third-order valence-corrected chi connectivity index (χ3v) is 6.25. The van der Waals surface area contributed by atoms with Crippen molar-refractivity contribution in [2.24, 2.45) is 0 Å². The summed E-state index contributed by atoms with van der Waals surface area (Å²) in [6.45, 7) is 0. The number of fused-ring (bicyclic) bond motifs is 3. The minimum atomic E-state index is 1.01. The van der Waals surface area contributed by atoms with Crippen LogP contribution < -0.4 is 10.6 Å². The summed E-state index contributed by atoms with van der Waals surface area (Å²) >= 11 is 0. The van der Waals surface area contributed by atoms with Crippen LogP contribution in [0.25, 0.3) is 22.3 Å². The molecule has 0 unspecified atom stereocenters. The molecule has 2 heteroatoms. The van der Waals surface area contributed by atoms with Crippen molar-refractivity contribution in [1.82, 2.24) is 0 Å². The first kappa shape index (κ1) is 19.4. The fourth-order valence-electron chi connectivity index (χ4n) is 4.57. The predicted molar refractivity (Wildman–Crippen MR) is 140 cm³/mol. The van der Waals surface area contributed by atoms with Gasteiger partial charge in [-0.25, -0.2) is 0 Å². The summed E-state index contributed by atoms with van der Waals surface area (Å²) in [7, 11) is 0. The lowest BCUT2D eigenvalue weighted by molar-refractivity contribution is 1.26. The average molecular weight is 425 g/mol. The molecule has 6 rings (SSSR count). The van der Waals surface area contributed by atoms with Gasteiger partial charge in [-0.1, -0.05) is 72.8 Å². The van der Waals surface area contributed by atoms with Gasteiger partial charge in [0.15, 0.2) is 0 Å². The van der Waals surface area contributed by atoms with Crippen LogP contribution in [0.3, 0.4) is 0 Å². The predicted octanol–water partition coefficient (Wildman–Crippen LogP) is 8.41. The Hall–Kier alpha value is -4.30. The van der Waals surface area contributed by atoms with Gasteiger partial charge in [0, 0.05) is 22.7 Å². The minimum Gasteiger partial charge on any atom is -0.356 e. The van der Waals surface area contributed by atoms with Crippen molar-refractivity contribution in [2.75, 3.05) is 10.6 Å². The van der Waals surface area contributed by atoms with Gasteiger partial charge in [0.05, 0.1) is 0 Å². The molecule has 0 atom stereocenters. The summed E-state index contributed by atoms with van der Waals surface area (Å²) < 4.78 is 0. The topological polar surface area (TPSA) is 24.1 Å². The van der Waals surface area contributed by atoms with Crippen molar-refractivity contribution in [3.05, 3.63) is 132 Å². The van der Waals surface area contributed by atoms with Crippen LogP contribution >= 0.6 is 0 Å².